The van der Waals surface area contributed by atoms with Gasteiger partial charge in [-0.1, -0.05) is 13.8 Å². The van der Waals surface area contributed by atoms with Crippen molar-refractivity contribution < 1.29 is 24.4 Å². The summed E-state index contributed by atoms with van der Waals surface area (Å²) >= 11 is 0. The monoisotopic (exact) mass is 436 g/mol. The summed E-state index contributed by atoms with van der Waals surface area (Å²) in [5.41, 5.74) is -0.259. The van der Waals surface area contributed by atoms with Crippen LogP contribution in [0.25, 0.3) is 0 Å². The Hall–Kier alpha value is -0.200. The topological polar surface area (TPSA) is 57.2 Å². The Kier molecular flexibility index (Phi) is 5.58. The van der Waals surface area contributed by atoms with Crippen molar-refractivity contribution in [2.45, 2.75) is 116 Å². The van der Waals surface area contributed by atoms with Gasteiger partial charge in [0, 0.05) is 6.42 Å². The first-order chi connectivity index (χ1) is 14.6. The zero-order valence-electron chi connectivity index (χ0n) is 20.3. The Morgan fingerprint density at radius 2 is 1.65 bits per heavy atom. The van der Waals surface area contributed by atoms with Crippen LogP contribution < -0.4 is 0 Å². The van der Waals surface area contributed by atoms with E-state index >= 15 is 0 Å². The number of hydrogen-bond acceptors (Lipinski definition) is 5. The molecule has 31 heavy (non-hydrogen) atoms. The summed E-state index contributed by atoms with van der Waals surface area (Å²) in [6.07, 6.45) is 9.50. The quantitative estimate of drug-likeness (QED) is 0.473. The van der Waals surface area contributed by atoms with Gasteiger partial charge in [-0.15, -0.1) is 0 Å². The molecular formula is C26H44O5. The fourth-order valence-electron chi connectivity index (χ4n) is 8.53. The van der Waals surface area contributed by atoms with E-state index in [4.69, 9.17) is 19.2 Å². The molecule has 0 aromatic heterocycles. The number of hydrogen-bond donors (Lipinski definition) is 1. The first-order valence-corrected chi connectivity index (χ1v) is 12.9. The second-order valence-electron chi connectivity index (χ2n) is 12.7. The van der Waals surface area contributed by atoms with Crippen molar-refractivity contribution in [3.63, 3.8) is 0 Å². The van der Waals surface area contributed by atoms with Crippen LogP contribution in [0.4, 0.5) is 0 Å². The van der Waals surface area contributed by atoms with Gasteiger partial charge >= 0.3 is 0 Å². The fourth-order valence-corrected chi connectivity index (χ4v) is 8.53. The zero-order valence-corrected chi connectivity index (χ0v) is 20.3. The third kappa shape index (κ3) is 3.44. The molecule has 1 N–H and O–H groups in total. The summed E-state index contributed by atoms with van der Waals surface area (Å²) in [7, 11) is 0. The predicted molar refractivity (Wildman–Crippen MR) is 118 cm³/mol. The van der Waals surface area contributed by atoms with Gasteiger partial charge in [0.15, 0.2) is 5.79 Å². The van der Waals surface area contributed by atoms with Crippen molar-refractivity contribution in [1.82, 2.24) is 0 Å². The number of rotatable bonds is 2. The average molecular weight is 437 g/mol. The molecular weight excluding hydrogens is 392 g/mol. The third-order valence-corrected chi connectivity index (χ3v) is 10.1. The minimum absolute atomic E-state index is 0.0407. The Morgan fingerprint density at radius 1 is 0.903 bits per heavy atom. The summed E-state index contributed by atoms with van der Waals surface area (Å²) in [5, 5.41) is 10.4. The van der Waals surface area contributed by atoms with Crippen LogP contribution in [0.15, 0.2) is 0 Å². The highest BCUT2D eigenvalue weighted by molar-refractivity contribution is 5.16. The maximum absolute atomic E-state index is 10.4. The number of aliphatic hydroxyl groups excluding tert-OH is 1. The lowest BCUT2D eigenvalue weighted by Crippen LogP contribution is -2.65. The van der Waals surface area contributed by atoms with Crippen LogP contribution in [0.1, 0.15) is 92.4 Å². The molecule has 1 saturated heterocycles. The van der Waals surface area contributed by atoms with Crippen molar-refractivity contribution >= 4 is 0 Å². The summed E-state index contributed by atoms with van der Waals surface area (Å²) in [5.74, 6) is 1.92. The Morgan fingerprint density at radius 3 is 2.35 bits per heavy atom. The SMILES string of the molecule is CC(C)(C)OOC1CC2[C@@H](CC[C@@H]3C[C@H](O)CC[C@]23C)[C@@H]2CCC3(OCCCO3)[C@@]12C. The molecule has 5 heteroatoms. The molecule has 4 saturated carbocycles. The molecule has 0 bridgehead atoms. The smallest absolute Gasteiger partial charge is 0.176 e. The van der Waals surface area contributed by atoms with Crippen LogP contribution in [0.5, 0.6) is 0 Å². The molecule has 4 aliphatic carbocycles. The summed E-state index contributed by atoms with van der Waals surface area (Å²) in [6.45, 7) is 12.6. The molecule has 1 aliphatic heterocycles. The second-order valence-corrected chi connectivity index (χ2v) is 12.7. The molecule has 178 valence electrons. The normalized spacial score (nSPS) is 49.4. The Balaban J connectivity index is 1.50. The second kappa shape index (κ2) is 7.66. The lowest BCUT2D eigenvalue weighted by atomic mass is 9.44. The van der Waals surface area contributed by atoms with Crippen LogP contribution in [0.2, 0.25) is 0 Å². The number of fused-ring (bicyclic) bond motifs is 6. The van der Waals surface area contributed by atoms with Gasteiger partial charge < -0.3 is 14.6 Å². The first-order valence-electron chi connectivity index (χ1n) is 12.9. The van der Waals surface area contributed by atoms with E-state index in [-0.39, 0.29) is 28.6 Å². The first kappa shape index (κ1) is 22.6. The molecule has 1 spiro atoms. The van der Waals surface area contributed by atoms with Crippen molar-refractivity contribution in [2.75, 3.05) is 13.2 Å². The average Bonchev–Trinajstić information content (AvgIpc) is 3.00. The standard InChI is InChI=1S/C26H44O5/c1-23(2,3)31-30-22-16-21-19(8-7-17-15-18(27)9-11-24(17,21)4)20-10-12-26(25(20,22)5)28-13-6-14-29-26/h17-22,27H,6-16H2,1-5H3/t17-,18-,19+,20+,21?,22?,24+,25-/m1/s1. The summed E-state index contributed by atoms with van der Waals surface area (Å²) < 4.78 is 13.0. The van der Waals surface area contributed by atoms with E-state index in [1.54, 1.807) is 0 Å². The van der Waals surface area contributed by atoms with E-state index in [1.807, 2.05) is 0 Å². The lowest BCUT2D eigenvalue weighted by Gasteiger charge is -2.63. The maximum Gasteiger partial charge on any atom is 0.176 e. The highest BCUT2D eigenvalue weighted by Crippen LogP contribution is 2.69. The predicted octanol–water partition coefficient (Wildman–Crippen LogP) is 5.25. The Labute approximate surface area is 188 Å². The van der Waals surface area contributed by atoms with Crippen LogP contribution in [-0.2, 0) is 19.2 Å². The molecule has 0 aromatic rings. The molecule has 1 heterocycles. The van der Waals surface area contributed by atoms with Gasteiger partial charge in [0.1, 0.15) is 6.10 Å². The summed E-state index contributed by atoms with van der Waals surface area (Å²) in [4.78, 5) is 12.4. The molecule has 8 atom stereocenters. The van der Waals surface area contributed by atoms with Crippen LogP contribution >= 0.6 is 0 Å². The van der Waals surface area contributed by atoms with Gasteiger partial charge in [0.05, 0.1) is 30.3 Å². The molecule has 0 aromatic carbocycles. The molecule has 5 rings (SSSR count). The highest BCUT2D eigenvalue weighted by Gasteiger charge is 2.71. The van der Waals surface area contributed by atoms with Crippen molar-refractivity contribution in [1.29, 1.82) is 0 Å². The van der Waals surface area contributed by atoms with Crippen LogP contribution in [-0.4, -0.2) is 41.9 Å². The summed E-state index contributed by atoms with van der Waals surface area (Å²) in [6, 6.07) is 0. The maximum atomic E-state index is 10.4. The number of ether oxygens (including phenoxy) is 2. The van der Waals surface area contributed by atoms with E-state index < -0.39 is 5.79 Å². The molecule has 2 unspecified atom stereocenters. The van der Waals surface area contributed by atoms with Gasteiger partial charge in [-0.3, -0.25) is 0 Å². The van der Waals surface area contributed by atoms with Crippen LogP contribution in [0.3, 0.4) is 0 Å². The largest absolute Gasteiger partial charge is 0.393 e. The zero-order chi connectivity index (χ0) is 22.1. The number of aliphatic hydroxyl groups is 1. The van der Waals surface area contributed by atoms with Gasteiger partial charge in [-0.05, 0) is 101 Å². The minimum Gasteiger partial charge on any atom is -0.393 e. The fraction of sp³-hybridized carbons (Fsp3) is 1.00. The molecule has 0 amide bonds. The van der Waals surface area contributed by atoms with Crippen LogP contribution in [0, 0.1) is 34.5 Å². The van der Waals surface area contributed by atoms with Crippen molar-refractivity contribution in [3.05, 3.63) is 0 Å². The van der Waals surface area contributed by atoms with E-state index in [0.29, 0.717) is 23.7 Å². The minimum atomic E-state index is -0.534. The van der Waals surface area contributed by atoms with Gasteiger partial charge in [0.2, 0.25) is 0 Å². The van der Waals surface area contributed by atoms with E-state index in [1.165, 1.54) is 12.8 Å². The third-order valence-electron chi connectivity index (χ3n) is 10.1. The van der Waals surface area contributed by atoms with E-state index in [0.717, 1.165) is 58.2 Å². The van der Waals surface area contributed by atoms with Gasteiger partial charge in [-0.2, -0.15) is 0 Å². The lowest BCUT2D eigenvalue weighted by molar-refractivity contribution is -0.431. The van der Waals surface area contributed by atoms with Gasteiger partial charge in [0.25, 0.3) is 0 Å². The van der Waals surface area contributed by atoms with Crippen molar-refractivity contribution in [3.8, 4) is 0 Å². The molecule has 5 fully saturated rings. The van der Waals surface area contributed by atoms with E-state index in [2.05, 4.69) is 34.6 Å². The molecule has 5 aliphatic rings. The highest BCUT2D eigenvalue weighted by atomic mass is 17.2. The van der Waals surface area contributed by atoms with E-state index in [9.17, 15) is 5.11 Å². The Bertz CT molecular complexity index is 667. The van der Waals surface area contributed by atoms with Gasteiger partial charge in [-0.25, -0.2) is 9.78 Å². The molecule has 5 nitrogen and oxygen atoms in total. The molecule has 0 radical (unpaired) electrons. The van der Waals surface area contributed by atoms with Crippen molar-refractivity contribution in [2.24, 2.45) is 34.5 Å².